The number of hydrogen-bond acceptors (Lipinski definition) is 2. The van der Waals surface area contributed by atoms with Crippen molar-refractivity contribution in [2.24, 2.45) is 0 Å². The Bertz CT molecular complexity index is 442. The Hall–Kier alpha value is -1.51. The van der Waals surface area contributed by atoms with Crippen molar-refractivity contribution in [2.45, 2.75) is 52.6 Å². The number of carbonyl (C=O) groups excluding carboxylic acids is 1. The number of benzene rings is 1. The van der Waals surface area contributed by atoms with Gasteiger partial charge in [0, 0.05) is 13.1 Å². The third-order valence-corrected chi connectivity index (χ3v) is 3.77. The molecule has 3 heteroatoms. The molecule has 0 N–H and O–H groups in total. The van der Waals surface area contributed by atoms with Gasteiger partial charge in [0.25, 0.3) is 5.91 Å². The molecule has 0 bridgehead atoms. The molecule has 20 heavy (non-hydrogen) atoms. The van der Waals surface area contributed by atoms with Crippen LogP contribution in [-0.2, 0) is 4.79 Å². The van der Waals surface area contributed by atoms with Crippen LogP contribution < -0.4 is 4.74 Å². The lowest BCUT2D eigenvalue weighted by atomic mass is 10.1. The van der Waals surface area contributed by atoms with Gasteiger partial charge in [-0.2, -0.15) is 0 Å². The van der Waals surface area contributed by atoms with Crippen LogP contribution in [0.3, 0.4) is 0 Å². The zero-order valence-electron chi connectivity index (χ0n) is 12.8. The fraction of sp³-hybridized carbons (Fsp3) is 0.588. The van der Waals surface area contributed by atoms with Gasteiger partial charge in [0.1, 0.15) is 5.75 Å². The topological polar surface area (TPSA) is 29.5 Å². The number of nitrogens with zero attached hydrogens (tertiary/aromatic N) is 1. The highest BCUT2D eigenvalue weighted by Crippen LogP contribution is 2.19. The van der Waals surface area contributed by atoms with E-state index < -0.39 is 6.10 Å². The summed E-state index contributed by atoms with van der Waals surface area (Å²) in [4.78, 5) is 14.4. The molecule has 110 valence electrons. The van der Waals surface area contributed by atoms with Crippen molar-refractivity contribution in [3.8, 4) is 5.75 Å². The third kappa shape index (κ3) is 3.99. The van der Waals surface area contributed by atoms with Crippen molar-refractivity contribution in [3.05, 3.63) is 29.3 Å². The van der Waals surface area contributed by atoms with Crippen molar-refractivity contribution in [2.75, 3.05) is 13.1 Å². The lowest BCUT2D eigenvalue weighted by Gasteiger charge is -2.24. The third-order valence-electron chi connectivity index (χ3n) is 3.77. The minimum atomic E-state index is -0.408. The summed E-state index contributed by atoms with van der Waals surface area (Å²) in [6.07, 6.45) is 4.28. The minimum Gasteiger partial charge on any atom is -0.481 e. The Morgan fingerprint density at radius 2 is 1.60 bits per heavy atom. The summed E-state index contributed by atoms with van der Waals surface area (Å²) >= 11 is 0. The molecule has 0 aliphatic carbocycles. The summed E-state index contributed by atoms with van der Waals surface area (Å²) < 4.78 is 5.84. The van der Waals surface area contributed by atoms with E-state index in [1.807, 2.05) is 37.8 Å². The van der Waals surface area contributed by atoms with Crippen molar-refractivity contribution in [1.82, 2.24) is 4.90 Å². The number of amides is 1. The molecule has 1 aliphatic rings. The average Bonchev–Trinajstić information content (AvgIpc) is 2.65. The summed E-state index contributed by atoms with van der Waals surface area (Å²) in [5.41, 5.74) is 2.32. The van der Waals surface area contributed by atoms with E-state index in [-0.39, 0.29) is 5.91 Å². The highest BCUT2D eigenvalue weighted by molar-refractivity contribution is 5.80. The second kappa shape index (κ2) is 6.78. The molecule has 1 heterocycles. The molecule has 1 aliphatic heterocycles. The Balaban J connectivity index is 1.99. The fourth-order valence-electron chi connectivity index (χ4n) is 2.80. The summed E-state index contributed by atoms with van der Waals surface area (Å²) in [6, 6.07) is 6.08. The van der Waals surface area contributed by atoms with Crippen LogP contribution in [0, 0.1) is 13.8 Å². The van der Waals surface area contributed by atoms with Gasteiger partial charge in [0.2, 0.25) is 0 Å². The second-order valence-corrected chi connectivity index (χ2v) is 5.82. The van der Waals surface area contributed by atoms with E-state index in [9.17, 15) is 4.79 Å². The molecule has 1 atom stereocenters. The Morgan fingerprint density at radius 3 is 2.15 bits per heavy atom. The SMILES string of the molecule is Cc1cc(C)cc(OC(C)C(=O)N2CCCCCC2)c1. The van der Waals surface area contributed by atoms with Crippen LogP contribution in [0.15, 0.2) is 18.2 Å². The van der Waals surface area contributed by atoms with E-state index in [2.05, 4.69) is 6.07 Å². The number of carbonyl (C=O) groups is 1. The smallest absolute Gasteiger partial charge is 0.263 e. The van der Waals surface area contributed by atoms with Gasteiger partial charge in [-0.15, -0.1) is 0 Å². The highest BCUT2D eigenvalue weighted by Gasteiger charge is 2.22. The van der Waals surface area contributed by atoms with Gasteiger partial charge in [-0.25, -0.2) is 0 Å². The second-order valence-electron chi connectivity index (χ2n) is 5.82. The molecule has 1 fully saturated rings. The standard InChI is InChI=1S/C17H25NO2/c1-13-10-14(2)12-16(11-13)20-15(3)17(19)18-8-6-4-5-7-9-18/h10-12,15H,4-9H2,1-3H3. The largest absolute Gasteiger partial charge is 0.481 e. The van der Waals surface area contributed by atoms with Gasteiger partial charge < -0.3 is 9.64 Å². The number of rotatable bonds is 3. The predicted octanol–water partition coefficient (Wildman–Crippen LogP) is 3.47. The average molecular weight is 275 g/mol. The monoisotopic (exact) mass is 275 g/mol. The van der Waals surface area contributed by atoms with Gasteiger partial charge in [0.15, 0.2) is 6.10 Å². The summed E-state index contributed by atoms with van der Waals surface area (Å²) in [5.74, 6) is 0.907. The van der Waals surface area contributed by atoms with Crippen LogP contribution in [0.5, 0.6) is 5.75 Å². The van der Waals surface area contributed by atoms with Gasteiger partial charge in [-0.05, 0) is 56.9 Å². The van der Waals surface area contributed by atoms with Crippen LogP contribution >= 0.6 is 0 Å². The number of likely N-dealkylation sites (tertiary alicyclic amines) is 1. The number of hydrogen-bond donors (Lipinski definition) is 0. The molecule has 1 saturated heterocycles. The Morgan fingerprint density at radius 1 is 1.05 bits per heavy atom. The van der Waals surface area contributed by atoms with E-state index in [4.69, 9.17) is 4.74 Å². The zero-order valence-corrected chi connectivity index (χ0v) is 12.8. The van der Waals surface area contributed by atoms with Crippen LogP contribution in [0.25, 0.3) is 0 Å². The molecule has 0 aromatic heterocycles. The molecule has 1 amide bonds. The molecule has 1 unspecified atom stereocenters. The molecule has 3 nitrogen and oxygen atoms in total. The molecule has 1 aromatic carbocycles. The van der Waals surface area contributed by atoms with E-state index in [0.717, 1.165) is 42.8 Å². The fourth-order valence-corrected chi connectivity index (χ4v) is 2.80. The first-order valence-corrected chi connectivity index (χ1v) is 7.60. The predicted molar refractivity (Wildman–Crippen MR) is 81.1 cm³/mol. The highest BCUT2D eigenvalue weighted by atomic mass is 16.5. The van der Waals surface area contributed by atoms with Crippen molar-refractivity contribution < 1.29 is 9.53 Å². The van der Waals surface area contributed by atoms with Gasteiger partial charge in [-0.3, -0.25) is 4.79 Å². The number of aryl methyl sites for hydroxylation is 2. The Labute approximate surface area is 121 Å². The zero-order chi connectivity index (χ0) is 14.5. The van der Waals surface area contributed by atoms with Crippen LogP contribution in [-0.4, -0.2) is 30.0 Å². The van der Waals surface area contributed by atoms with Crippen LogP contribution in [0.1, 0.15) is 43.7 Å². The number of ether oxygens (including phenoxy) is 1. The van der Waals surface area contributed by atoms with E-state index in [1.165, 1.54) is 12.8 Å². The lowest BCUT2D eigenvalue weighted by Crippen LogP contribution is -2.41. The quantitative estimate of drug-likeness (QED) is 0.845. The van der Waals surface area contributed by atoms with Crippen LogP contribution in [0.4, 0.5) is 0 Å². The lowest BCUT2D eigenvalue weighted by molar-refractivity contribution is -0.137. The molecular weight excluding hydrogens is 250 g/mol. The maximum atomic E-state index is 12.4. The molecular formula is C17H25NO2. The minimum absolute atomic E-state index is 0.117. The first kappa shape index (κ1) is 14.9. The van der Waals surface area contributed by atoms with Crippen LogP contribution in [0.2, 0.25) is 0 Å². The molecule has 0 saturated carbocycles. The normalized spacial score (nSPS) is 17.4. The molecule has 2 rings (SSSR count). The molecule has 1 aromatic rings. The van der Waals surface area contributed by atoms with E-state index in [0.29, 0.717) is 0 Å². The van der Waals surface area contributed by atoms with Crippen molar-refractivity contribution in [1.29, 1.82) is 0 Å². The first-order chi connectivity index (χ1) is 9.56. The Kier molecular flexibility index (Phi) is 5.05. The summed E-state index contributed by atoms with van der Waals surface area (Å²) in [6.45, 7) is 7.69. The van der Waals surface area contributed by atoms with Crippen molar-refractivity contribution in [3.63, 3.8) is 0 Å². The van der Waals surface area contributed by atoms with Crippen molar-refractivity contribution >= 4 is 5.91 Å². The molecule has 0 radical (unpaired) electrons. The molecule has 0 spiro atoms. The van der Waals surface area contributed by atoms with Gasteiger partial charge in [-0.1, -0.05) is 18.9 Å². The maximum absolute atomic E-state index is 12.4. The summed E-state index contributed by atoms with van der Waals surface area (Å²) in [7, 11) is 0. The summed E-state index contributed by atoms with van der Waals surface area (Å²) in [5, 5.41) is 0. The maximum Gasteiger partial charge on any atom is 0.263 e. The first-order valence-electron chi connectivity index (χ1n) is 7.60. The van der Waals surface area contributed by atoms with E-state index >= 15 is 0 Å². The van der Waals surface area contributed by atoms with E-state index in [1.54, 1.807) is 0 Å². The van der Waals surface area contributed by atoms with Gasteiger partial charge >= 0.3 is 0 Å². The van der Waals surface area contributed by atoms with Gasteiger partial charge in [0.05, 0.1) is 0 Å².